The highest BCUT2D eigenvalue weighted by atomic mass is 19.4. The van der Waals surface area contributed by atoms with Crippen LogP contribution >= 0.6 is 0 Å². The van der Waals surface area contributed by atoms with Crippen molar-refractivity contribution in [3.05, 3.63) is 47.5 Å². The molecule has 4 rings (SSSR count). The molecule has 1 aliphatic heterocycles. The number of nitrogens with zero attached hydrogens (tertiary/aromatic N) is 4. The van der Waals surface area contributed by atoms with Gasteiger partial charge in [-0.2, -0.15) is 31.4 Å². The van der Waals surface area contributed by atoms with Gasteiger partial charge in [-0.15, -0.1) is 0 Å². The number of carbonyl (C=O) groups is 2. The molecule has 0 amide bonds. The van der Waals surface area contributed by atoms with Crippen LogP contribution in [0.2, 0.25) is 0 Å². The first kappa shape index (κ1) is 31.0. The quantitative estimate of drug-likeness (QED) is 0.492. The first-order valence-electron chi connectivity index (χ1n) is 11.6. The highest BCUT2D eigenvalue weighted by molar-refractivity contribution is 5.73. The van der Waals surface area contributed by atoms with E-state index in [0.29, 0.717) is 5.92 Å². The Morgan fingerprint density at radius 1 is 1.11 bits per heavy atom. The molecule has 3 heterocycles. The van der Waals surface area contributed by atoms with Crippen molar-refractivity contribution in [2.24, 2.45) is 5.92 Å². The van der Waals surface area contributed by atoms with E-state index in [4.69, 9.17) is 29.6 Å². The fourth-order valence-corrected chi connectivity index (χ4v) is 3.56. The van der Waals surface area contributed by atoms with Crippen molar-refractivity contribution in [3.63, 3.8) is 0 Å². The molecule has 9 nitrogen and oxygen atoms in total. The number of aliphatic carboxylic acids is 2. The number of rotatable bonds is 7. The normalized spacial score (nSPS) is 17.4. The summed E-state index contributed by atoms with van der Waals surface area (Å²) >= 11 is 0. The maximum atomic E-state index is 10.6. The Morgan fingerprint density at radius 2 is 1.71 bits per heavy atom. The van der Waals surface area contributed by atoms with E-state index in [1.54, 1.807) is 0 Å². The summed E-state index contributed by atoms with van der Waals surface area (Å²) in [4.78, 5) is 24.5. The number of pyridine rings is 1. The second-order valence-electron chi connectivity index (χ2n) is 8.69. The molecule has 1 fully saturated rings. The fraction of sp³-hybridized carbons (Fsp3) is 0.565. The molecule has 2 aromatic heterocycles. The minimum atomic E-state index is -5.08. The van der Waals surface area contributed by atoms with E-state index in [0.717, 1.165) is 45.3 Å². The number of ether oxygens (including phenoxy) is 1. The number of alkyl halides is 6. The summed E-state index contributed by atoms with van der Waals surface area (Å²) in [6.07, 6.45) is -1.38. The minimum Gasteiger partial charge on any atom is -0.475 e. The number of carboxylic acid groups (broad SMARTS) is 2. The van der Waals surface area contributed by atoms with Crippen LogP contribution in [-0.4, -0.2) is 73.9 Å². The molecule has 0 radical (unpaired) electrons. The lowest BCUT2D eigenvalue weighted by Gasteiger charge is -2.31. The van der Waals surface area contributed by atoms with Crippen LogP contribution in [0.1, 0.15) is 42.5 Å². The van der Waals surface area contributed by atoms with E-state index in [-0.39, 0.29) is 0 Å². The fourth-order valence-electron chi connectivity index (χ4n) is 3.56. The number of halogens is 6. The summed E-state index contributed by atoms with van der Waals surface area (Å²) < 4.78 is 71.4. The highest BCUT2D eigenvalue weighted by Crippen LogP contribution is 2.33. The monoisotopic (exact) mass is 554 g/mol. The van der Waals surface area contributed by atoms with Crippen LogP contribution in [0.5, 0.6) is 0 Å². The maximum absolute atomic E-state index is 10.6. The average Bonchev–Trinajstić information content (AvgIpc) is 3.54. The summed E-state index contributed by atoms with van der Waals surface area (Å²) in [6.45, 7) is 7.56. The van der Waals surface area contributed by atoms with Crippen LogP contribution in [0.25, 0.3) is 0 Å². The van der Waals surface area contributed by atoms with Gasteiger partial charge in [-0.3, -0.25) is 14.6 Å². The molecule has 212 valence electrons. The van der Waals surface area contributed by atoms with Gasteiger partial charge in [0.15, 0.2) is 0 Å². The standard InChI is InChI=1S/C19H26N4O.2C2HF3O2/c1-2-24-14-17-11-22(9-16-4-3-7-20-8-16)13-19-18(17)12-23(21-19)10-15-5-6-15;2*3-2(4,5)1(6)7/h3-4,7-8,12,15,17H,2,5-6,9-11,13-14H2,1H3;2*(H,6,7). The van der Waals surface area contributed by atoms with E-state index in [1.165, 1.54) is 29.7 Å². The van der Waals surface area contributed by atoms with E-state index in [9.17, 15) is 26.3 Å². The van der Waals surface area contributed by atoms with Crippen molar-refractivity contribution in [2.45, 2.75) is 57.7 Å². The summed E-state index contributed by atoms with van der Waals surface area (Å²) in [5.41, 5.74) is 3.88. The van der Waals surface area contributed by atoms with Gasteiger partial charge in [0.05, 0.1) is 12.3 Å². The van der Waals surface area contributed by atoms with E-state index >= 15 is 0 Å². The Morgan fingerprint density at radius 3 is 2.18 bits per heavy atom. The third kappa shape index (κ3) is 10.7. The summed E-state index contributed by atoms with van der Waals surface area (Å²) in [6, 6.07) is 4.15. The van der Waals surface area contributed by atoms with Gasteiger partial charge in [-0.1, -0.05) is 6.07 Å². The second-order valence-corrected chi connectivity index (χ2v) is 8.69. The third-order valence-corrected chi connectivity index (χ3v) is 5.44. The number of fused-ring (bicyclic) bond motifs is 1. The van der Waals surface area contributed by atoms with Crippen molar-refractivity contribution in [1.29, 1.82) is 0 Å². The Hall–Kier alpha value is -3.20. The molecule has 1 saturated carbocycles. The average molecular weight is 554 g/mol. The Kier molecular flexibility index (Phi) is 11.1. The van der Waals surface area contributed by atoms with Crippen molar-refractivity contribution < 1.29 is 50.9 Å². The molecule has 2 aliphatic rings. The Labute approximate surface area is 214 Å². The molecule has 1 aliphatic carbocycles. The van der Waals surface area contributed by atoms with Gasteiger partial charge in [0.2, 0.25) is 0 Å². The zero-order chi connectivity index (χ0) is 28.5. The van der Waals surface area contributed by atoms with Gasteiger partial charge < -0.3 is 14.9 Å². The third-order valence-electron chi connectivity index (χ3n) is 5.44. The van der Waals surface area contributed by atoms with E-state index in [2.05, 4.69) is 33.8 Å². The van der Waals surface area contributed by atoms with Crippen molar-refractivity contribution in [3.8, 4) is 0 Å². The highest BCUT2D eigenvalue weighted by Gasteiger charge is 2.39. The van der Waals surface area contributed by atoms with Gasteiger partial charge in [0, 0.05) is 62.9 Å². The number of hydrogen-bond acceptors (Lipinski definition) is 6. The topological polar surface area (TPSA) is 118 Å². The van der Waals surface area contributed by atoms with Crippen LogP contribution in [0.4, 0.5) is 26.3 Å². The van der Waals surface area contributed by atoms with Gasteiger partial charge in [0.25, 0.3) is 0 Å². The molecule has 38 heavy (non-hydrogen) atoms. The minimum absolute atomic E-state index is 0.415. The predicted octanol–water partition coefficient (Wildman–Crippen LogP) is 4.09. The zero-order valence-corrected chi connectivity index (χ0v) is 20.4. The molecule has 0 aromatic carbocycles. The molecular weight excluding hydrogens is 526 g/mol. The van der Waals surface area contributed by atoms with Crippen molar-refractivity contribution in [2.75, 3.05) is 19.8 Å². The molecule has 1 atom stereocenters. The SMILES string of the molecule is CCOCC1CN(Cc2cccnc2)Cc2nn(CC3CC3)cc21.O=C(O)C(F)(F)F.O=C(O)C(F)(F)F. The lowest BCUT2D eigenvalue weighted by atomic mass is 9.95. The first-order chi connectivity index (χ1) is 17.7. The second kappa shape index (κ2) is 13.6. The van der Waals surface area contributed by atoms with Crippen molar-refractivity contribution in [1.82, 2.24) is 19.7 Å². The van der Waals surface area contributed by atoms with Gasteiger partial charge in [-0.05, 0) is 37.3 Å². The van der Waals surface area contributed by atoms with Crippen molar-refractivity contribution >= 4 is 11.9 Å². The predicted molar refractivity (Wildman–Crippen MR) is 120 cm³/mol. The molecule has 2 N–H and O–H groups in total. The molecule has 0 bridgehead atoms. The molecule has 0 saturated heterocycles. The van der Waals surface area contributed by atoms with Gasteiger partial charge in [0.1, 0.15) is 0 Å². The summed E-state index contributed by atoms with van der Waals surface area (Å²) in [7, 11) is 0. The lowest BCUT2D eigenvalue weighted by molar-refractivity contribution is -0.193. The lowest BCUT2D eigenvalue weighted by Crippen LogP contribution is -2.34. The van der Waals surface area contributed by atoms with Crippen LogP contribution in [0.3, 0.4) is 0 Å². The molecular formula is C23H28F6N4O5. The zero-order valence-electron chi connectivity index (χ0n) is 20.4. The van der Waals surface area contributed by atoms with Crippen LogP contribution in [0.15, 0.2) is 30.7 Å². The van der Waals surface area contributed by atoms with Crippen LogP contribution in [-0.2, 0) is 34.0 Å². The smallest absolute Gasteiger partial charge is 0.475 e. The van der Waals surface area contributed by atoms with Gasteiger partial charge in [-0.25, -0.2) is 9.59 Å². The molecule has 2 aromatic rings. The molecule has 15 heteroatoms. The van der Waals surface area contributed by atoms with E-state index in [1.807, 2.05) is 18.5 Å². The largest absolute Gasteiger partial charge is 0.490 e. The first-order valence-corrected chi connectivity index (χ1v) is 11.6. The summed E-state index contributed by atoms with van der Waals surface area (Å²) in [5.74, 6) is -4.25. The van der Waals surface area contributed by atoms with Crippen LogP contribution < -0.4 is 0 Å². The van der Waals surface area contributed by atoms with Crippen LogP contribution in [0, 0.1) is 5.92 Å². The summed E-state index contributed by atoms with van der Waals surface area (Å²) in [5, 5.41) is 19.1. The molecule has 1 unspecified atom stereocenters. The maximum Gasteiger partial charge on any atom is 0.490 e. The number of aromatic nitrogens is 3. The molecule has 0 spiro atoms. The van der Waals surface area contributed by atoms with E-state index < -0.39 is 24.3 Å². The number of carboxylic acids is 2. The Balaban J connectivity index is 0.000000301. The number of hydrogen-bond donors (Lipinski definition) is 2. The Bertz CT molecular complexity index is 1020. The van der Waals surface area contributed by atoms with Gasteiger partial charge >= 0.3 is 24.3 Å².